The maximum absolute atomic E-state index is 14.4. The van der Waals surface area contributed by atoms with Crippen molar-refractivity contribution in [2.24, 2.45) is 5.92 Å². The molecule has 0 bridgehead atoms. The van der Waals surface area contributed by atoms with Crippen LogP contribution in [-0.2, 0) is 11.0 Å². The molecule has 2 aromatic rings. The second-order valence-electron chi connectivity index (χ2n) is 8.76. The number of halogens is 11. The summed E-state index contributed by atoms with van der Waals surface area (Å²) in [6.45, 7) is 0.0209. The molecule has 1 amide bonds. The van der Waals surface area contributed by atoms with Crippen LogP contribution in [0, 0.1) is 5.92 Å². The predicted octanol–water partition coefficient (Wildman–Crippen LogP) is 9.01. The van der Waals surface area contributed by atoms with Crippen LogP contribution in [0.1, 0.15) is 53.2 Å². The van der Waals surface area contributed by atoms with Gasteiger partial charge in [0.05, 0.1) is 26.5 Å². The Morgan fingerprint density at radius 2 is 1.51 bits per heavy atom. The Balaban J connectivity index is 2.37. The van der Waals surface area contributed by atoms with E-state index in [-0.39, 0.29) is 26.2 Å². The van der Waals surface area contributed by atoms with Crippen molar-refractivity contribution < 1.29 is 44.7 Å². The van der Waals surface area contributed by atoms with Gasteiger partial charge in [-0.2, -0.15) is 26.3 Å². The van der Waals surface area contributed by atoms with Gasteiger partial charge in [-0.3, -0.25) is 9.59 Å². The summed E-state index contributed by atoms with van der Waals surface area (Å²) in [6, 6.07) is 4.74. The molecule has 39 heavy (non-hydrogen) atoms. The monoisotopic (exact) mass is 623 g/mol. The van der Waals surface area contributed by atoms with Gasteiger partial charge in [0.1, 0.15) is 6.54 Å². The summed E-state index contributed by atoms with van der Waals surface area (Å²) in [4.78, 5) is 24.4. The Labute approximate surface area is 233 Å². The molecule has 0 heterocycles. The number of alkyl halides is 8. The Kier molecular flexibility index (Phi) is 10.5. The molecule has 2 aromatic carbocycles. The number of ketones is 1. The van der Waals surface area contributed by atoms with Crippen LogP contribution in [0.4, 0.5) is 35.1 Å². The van der Waals surface area contributed by atoms with Crippen molar-refractivity contribution in [3.63, 3.8) is 0 Å². The fraction of sp³-hybridized carbons (Fsp3) is 0.360. The van der Waals surface area contributed by atoms with Gasteiger partial charge in [0.15, 0.2) is 5.78 Å². The number of allylic oxidation sites excluding steroid dienone is 1. The number of hydrogen-bond donors (Lipinski definition) is 1. The van der Waals surface area contributed by atoms with Gasteiger partial charge in [0, 0.05) is 24.8 Å². The highest BCUT2D eigenvalue weighted by Crippen LogP contribution is 2.40. The molecule has 0 spiro atoms. The molecule has 3 nitrogen and oxygen atoms in total. The standard InChI is InChI=1S/C25H20Cl3F8NO2/c1-12(22(39)37-11-24(31,32)33)7-20(38)15-5-3-13(8-17(15)25(34,35)36)4-6-16(23(2,29)30)14-9-18(26)21(28)19(27)10-14/h3-6,8-10,12,16H,7,11H2,1-2H3,(H,37,39)/b6-4+/t12-,16?/m0/s1. The second kappa shape index (κ2) is 12.4. The molecule has 0 saturated heterocycles. The first-order valence-electron chi connectivity index (χ1n) is 11.0. The van der Waals surface area contributed by atoms with Crippen molar-refractivity contribution in [3.8, 4) is 0 Å². The number of benzene rings is 2. The first kappa shape index (κ1) is 32.8. The van der Waals surface area contributed by atoms with E-state index in [4.69, 9.17) is 34.8 Å². The topological polar surface area (TPSA) is 46.2 Å². The van der Waals surface area contributed by atoms with Gasteiger partial charge in [-0.25, -0.2) is 8.78 Å². The highest BCUT2D eigenvalue weighted by molar-refractivity contribution is 6.48. The van der Waals surface area contributed by atoms with E-state index in [1.807, 2.05) is 0 Å². The minimum absolute atomic E-state index is 0.0567. The summed E-state index contributed by atoms with van der Waals surface area (Å²) in [5, 5.41) is 1.29. The van der Waals surface area contributed by atoms with Crippen molar-refractivity contribution in [2.75, 3.05) is 6.54 Å². The molecule has 214 valence electrons. The van der Waals surface area contributed by atoms with Gasteiger partial charge in [0.2, 0.25) is 5.91 Å². The van der Waals surface area contributed by atoms with Crippen molar-refractivity contribution >= 4 is 52.6 Å². The zero-order valence-corrected chi connectivity index (χ0v) is 22.4. The van der Waals surface area contributed by atoms with Crippen LogP contribution in [0.5, 0.6) is 0 Å². The average Bonchev–Trinajstić information content (AvgIpc) is 2.78. The molecule has 0 fully saturated rings. The normalized spacial score (nSPS) is 14.4. The number of nitrogens with one attached hydrogen (secondary N) is 1. The number of Topliss-reactive ketones (excluding diaryl/α,β-unsaturated/α-hetero) is 1. The van der Waals surface area contributed by atoms with Gasteiger partial charge >= 0.3 is 12.4 Å². The van der Waals surface area contributed by atoms with Gasteiger partial charge < -0.3 is 5.32 Å². The summed E-state index contributed by atoms with van der Waals surface area (Å²) in [6.07, 6.45) is -8.62. The lowest BCUT2D eigenvalue weighted by Gasteiger charge is -2.22. The molecule has 0 aliphatic rings. The number of rotatable bonds is 9. The van der Waals surface area contributed by atoms with Crippen LogP contribution in [0.2, 0.25) is 15.1 Å². The molecule has 0 radical (unpaired) electrons. The summed E-state index contributed by atoms with van der Waals surface area (Å²) >= 11 is 17.7. The quantitative estimate of drug-likeness (QED) is 0.172. The highest BCUT2D eigenvalue weighted by atomic mass is 35.5. The van der Waals surface area contributed by atoms with Crippen molar-refractivity contribution in [2.45, 2.75) is 44.5 Å². The Bertz CT molecular complexity index is 1230. The van der Waals surface area contributed by atoms with Crippen LogP contribution < -0.4 is 5.32 Å². The zero-order chi connectivity index (χ0) is 29.9. The molecule has 1 N–H and O–H groups in total. The van der Waals surface area contributed by atoms with E-state index in [0.717, 1.165) is 43.3 Å². The maximum atomic E-state index is 14.4. The third kappa shape index (κ3) is 9.36. The first-order valence-corrected chi connectivity index (χ1v) is 12.1. The fourth-order valence-electron chi connectivity index (χ4n) is 3.52. The van der Waals surface area contributed by atoms with Gasteiger partial charge in [-0.1, -0.05) is 66.0 Å². The predicted molar refractivity (Wildman–Crippen MR) is 132 cm³/mol. The van der Waals surface area contributed by atoms with Crippen LogP contribution in [-0.4, -0.2) is 30.3 Å². The maximum Gasteiger partial charge on any atom is 0.417 e. The molecule has 0 saturated carbocycles. The van der Waals surface area contributed by atoms with Crippen molar-refractivity contribution in [3.05, 3.63) is 73.7 Å². The zero-order valence-electron chi connectivity index (χ0n) is 20.1. The molecule has 2 atom stereocenters. The van der Waals surface area contributed by atoms with Gasteiger partial charge in [-0.15, -0.1) is 0 Å². The summed E-state index contributed by atoms with van der Waals surface area (Å²) in [5.41, 5.74) is -2.48. The lowest BCUT2D eigenvalue weighted by molar-refractivity contribution is -0.140. The Morgan fingerprint density at radius 1 is 0.949 bits per heavy atom. The molecular weight excluding hydrogens is 605 g/mol. The lowest BCUT2D eigenvalue weighted by Crippen LogP contribution is -2.37. The largest absolute Gasteiger partial charge is 0.417 e. The summed E-state index contributed by atoms with van der Waals surface area (Å²) in [5.74, 6) is -8.73. The van der Waals surface area contributed by atoms with Crippen molar-refractivity contribution in [1.29, 1.82) is 0 Å². The summed E-state index contributed by atoms with van der Waals surface area (Å²) < 4.78 is 107. The van der Waals surface area contributed by atoms with E-state index in [2.05, 4.69) is 0 Å². The lowest BCUT2D eigenvalue weighted by atomic mass is 9.91. The van der Waals surface area contributed by atoms with E-state index in [0.29, 0.717) is 13.0 Å². The molecule has 2 rings (SSSR count). The second-order valence-corrected chi connectivity index (χ2v) is 9.95. The Morgan fingerprint density at radius 3 is 2.00 bits per heavy atom. The molecule has 0 aromatic heterocycles. The number of hydrogen-bond acceptors (Lipinski definition) is 2. The van der Waals surface area contributed by atoms with E-state index in [1.54, 1.807) is 5.32 Å². The molecule has 0 aliphatic carbocycles. The number of carbonyl (C=O) groups is 2. The summed E-state index contributed by atoms with van der Waals surface area (Å²) in [7, 11) is 0. The number of amides is 1. The number of carbonyl (C=O) groups excluding carboxylic acids is 2. The van der Waals surface area contributed by atoms with Crippen LogP contribution >= 0.6 is 34.8 Å². The van der Waals surface area contributed by atoms with Crippen molar-refractivity contribution in [1.82, 2.24) is 5.32 Å². The van der Waals surface area contributed by atoms with E-state index < -0.39 is 65.9 Å². The highest BCUT2D eigenvalue weighted by Gasteiger charge is 2.37. The fourth-order valence-corrected chi connectivity index (χ4v) is 4.13. The van der Waals surface area contributed by atoms with E-state index >= 15 is 0 Å². The minimum atomic E-state index is -5.05. The van der Waals surface area contributed by atoms with E-state index in [9.17, 15) is 44.7 Å². The van der Waals surface area contributed by atoms with E-state index in [1.165, 1.54) is 0 Å². The Hall–Kier alpha value is -2.37. The SMILES string of the molecule is C[C@@H](CC(=O)c1ccc(/C=C/C(c2cc(Cl)c(Cl)c(Cl)c2)C(C)(F)F)cc1C(F)(F)F)C(=O)NCC(F)(F)F. The third-order valence-corrected chi connectivity index (χ3v) is 6.64. The van der Waals surface area contributed by atoms with Gasteiger partial charge in [-0.05, 0) is 29.3 Å². The molecular formula is C25H20Cl3F8NO2. The minimum Gasteiger partial charge on any atom is -0.347 e. The third-order valence-electron chi connectivity index (χ3n) is 5.44. The first-order chi connectivity index (χ1) is 17.7. The van der Waals surface area contributed by atoms with Crippen LogP contribution in [0.3, 0.4) is 0 Å². The molecule has 14 heteroatoms. The smallest absolute Gasteiger partial charge is 0.347 e. The molecule has 0 aliphatic heterocycles. The van der Waals surface area contributed by atoms with Gasteiger partial charge in [0.25, 0.3) is 5.92 Å². The average molecular weight is 625 g/mol. The van der Waals surface area contributed by atoms with Crippen LogP contribution in [0.15, 0.2) is 36.4 Å². The van der Waals surface area contributed by atoms with Crippen LogP contribution in [0.25, 0.3) is 6.08 Å². The molecule has 1 unspecified atom stereocenters.